The molecule has 2 N–H and O–H groups in total. The van der Waals surface area contributed by atoms with Crippen LogP contribution in [0.15, 0.2) is 54.6 Å². The normalized spacial score (nSPS) is 12.3. The summed E-state index contributed by atoms with van der Waals surface area (Å²) < 4.78 is 5.24. The van der Waals surface area contributed by atoms with Crippen molar-refractivity contribution in [2.75, 3.05) is 33.9 Å². The van der Waals surface area contributed by atoms with E-state index in [1.165, 1.54) is 5.56 Å². The molecule has 0 aromatic heterocycles. The zero-order chi connectivity index (χ0) is 17.2. The van der Waals surface area contributed by atoms with Crippen molar-refractivity contribution >= 4 is 0 Å². The van der Waals surface area contributed by atoms with Crippen molar-refractivity contribution in [3.05, 3.63) is 65.7 Å². The van der Waals surface area contributed by atoms with Crippen LogP contribution >= 0.6 is 0 Å². The Morgan fingerprint density at radius 3 is 2.54 bits per heavy atom. The molecular formula is C20H28N2O2. The molecule has 0 fully saturated rings. The zero-order valence-corrected chi connectivity index (χ0v) is 14.6. The van der Waals surface area contributed by atoms with E-state index in [9.17, 15) is 5.11 Å². The lowest BCUT2D eigenvalue weighted by Gasteiger charge is -2.24. The van der Waals surface area contributed by atoms with Crippen LogP contribution in [0.25, 0.3) is 0 Å². The van der Waals surface area contributed by atoms with Crippen molar-refractivity contribution in [3.63, 3.8) is 0 Å². The fourth-order valence-corrected chi connectivity index (χ4v) is 2.66. The van der Waals surface area contributed by atoms with E-state index in [-0.39, 0.29) is 12.6 Å². The van der Waals surface area contributed by atoms with E-state index in [2.05, 4.69) is 47.6 Å². The first-order valence-corrected chi connectivity index (χ1v) is 8.41. The molecule has 2 aromatic rings. The summed E-state index contributed by atoms with van der Waals surface area (Å²) in [6.45, 7) is 2.63. The van der Waals surface area contributed by atoms with E-state index >= 15 is 0 Å². The van der Waals surface area contributed by atoms with Crippen molar-refractivity contribution < 1.29 is 9.84 Å². The number of ether oxygens (including phenoxy) is 1. The number of benzene rings is 2. The zero-order valence-electron chi connectivity index (χ0n) is 14.6. The van der Waals surface area contributed by atoms with Gasteiger partial charge in [0.1, 0.15) is 5.75 Å². The maximum atomic E-state index is 9.63. The van der Waals surface area contributed by atoms with Gasteiger partial charge in [0, 0.05) is 25.7 Å². The van der Waals surface area contributed by atoms with Crippen LogP contribution in [-0.2, 0) is 13.0 Å². The number of rotatable bonds is 10. The van der Waals surface area contributed by atoms with E-state index in [1.807, 2.05) is 24.3 Å². The highest BCUT2D eigenvalue weighted by Crippen LogP contribution is 2.12. The van der Waals surface area contributed by atoms with Crippen LogP contribution in [0.1, 0.15) is 11.1 Å². The Bertz CT molecular complexity index is 589. The van der Waals surface area contributed by atoms with Gasteiger partial charge in [0.05, 0.1) is 13.7 Å². The summed E-state index contributed by atoms with van der Waals surface area (Å²) in [7, 11) is 3.77. The van der Waals surface area contributed by atoms with Gasteiger partial charge >= 0.3 is 0 Å². The molecule has 2 rings (SSSR count). The Kier molecular flexibility index (Phi) is 7.75. The molecule has 4 nitrogen and oxygen atoms in total. The highest BCUT2D eigenvalue weighted by atomic mass is 16.5. The summed E-state index contributed by atoms with van der Waals surface area (Å²) >= 11 is 0. The first kappa shape index (κ1) is 18.5. The molecule has 0 saturated carbocycles. The third kappa shape index (κ3) is 6.32. The minimum atomic E-state index is 0.0528. The quantitative estimate of drug-likeness (QED) is 0.703. The van der Waals surface area contributed by atoms with Crippen LogP contribution in [0.3, 0.4) is 0 Å². The largest absolute Gasteiger partial charge is 0.497 e. The highest BCUT2D eigenvalue weighted by Gasteiger charge is 2.10. The minimum absolute atomic E-state index is 0.0528. The molecule has 24 heavy (non-hydrogen) atoms. The number of nitrogens with one attached hydrogen (secondary N) is 1. The van der Waals surface area contributed by atoms with E-state index in [0.717, 1.165) is 37.4 Å². The van der Waals surface area contributed by atoms with E-state index in [1.54, 1.807) is 7.11 Å². The van der Waals surface area contributed by atoms with Gasteiger partial charge in [-0.15, -0.1) is 0 Å². The lowest BCUT2D eigenvalue weighted by molar-refractivity contribution is 0.198. The van der Waals surface area contributed by atoms with Gasteiger partial charge < -0.3 is 20.1 Å². The van der Waals surface area contributed by atoms with Crippen LogP contribution in [0, 0.1) is 0 Å². The number of nitrogens with zero attached hydrogens (tertiary/aromatic N) is 1. The predicted octanol–water partition coefficient (Wildman–Crippen LogP) is 2.32. The van der Waals surface area contributed by atoms with Crippen molar-refractivity contribution in [2.24, 2.45) is 0 Å². The molecule has 0 radical (unpaired) electrons. The van der Waals surface area contributed by atoms with Crippen molar-refractivity contribution in [1.82, 2.24) is 10.2 Å². The Morgan fingerprint density at radius 2 is 1.83 bits per heavy atom. The van der Waals surface area contributed by atoms with Crippen molar-refractivity contribution in [3.8, 4) is 5.75 Å². The van der Waals surface area contributed by atoms with Crippen molar-refractivity contribution in [2.45, 2.75) is 19.0 Å². The average Bonchev–Trinajstić information content (AvgIpc) is 2.64. The fraction of sp³-hybridized carbons (Fsp3) is 0.400. The molecule has 0 bridgehead atoms. The molecule has 0 spiro atoms. The Morgan fingerprint density at radius 1 is 1.08 bits per heavy atom. The summed E-state index contributed by atoms with van der Waals surface area (Å²) in [5.74, 6) is 0.856. The predicted molar refractivity (Wildman–Crippen MR) is 98.4 cm³/mol. The number of hydrogen-bond acceptors (Lipinski definition) is 4. The third-order valence-electron chi connectivity index (χ3n) is 4.11. The molecule has 1 atom stereocenters. The van der Waals surface area contributed by atoms with Crippen LogP contribution in [-0.4, -0.2) is 49.9 Å². The number of likely N-dealkylation sites (N-methyl/N-ethyl adjacent to an activating group) is 1. The number of aliphatic hydroxyl groups is 1. The van der Waals surface area contributed by atoms with E-state index < -0.39 is 0 Å². The number of aliphatic hydroxyl groups excluding tert-OH is 1. The summed E-state index contributed by atoms with van der Waals surface area (Å²) in [6.07, 6.45) is 1.02. The minimum Gasteiger partial charge on any atom is -0.497 e. The maximum absolute atomic E-state index is 9.63. The molecule has 0 aliphatic heterocycles. The van der Waals surface area contributed by atoms with Gasteiger partial charge in [-0.05, 0) is 36.7 Å². The van der Waals surface area contributed by atoms with Gasteiger partial charge in [0.25, 0.3) is 0 Å². The fourth-order valence-electron chi connectivity index (χ4n) is 2.66. The van der Waals surface area contributed by atoms with Crippen LogP contribution in [0.4, 0.5) is 0 Å². The van der Waals surface area contributed by atoms with Crippen LogP contribution in [0.5, 0.6) is 5.75 Å². The summed E-state index contributed by atoms with van der Waals surface area (Å²) in [4.78, 5) is 2.26. The van der Waals surface area contributed by atoms with Gasteiger partial charge in [-0.1, -0.05) is 42.5 Å². The molecule has 4 heteroatoms. The number of hydrogen-bond donors (Lipinski definition) is 2. The molecular weight excluding hydrogens is 300 g/mol. The molecule has 130 valence electrons. The second kappa shape index (κ2) is 10.1. The standard InChI is InChI=1S/C20H28N2O2/c1-22(12-11-17-7-4-3-5-8-17)15-19(16-23)21-14-18-9-6-10-20(13-18)24-2/h3-10,13,19,21,23H,11-12,14-16H2,1-2H3. The summed E-state index contributed by atoms with van der Waals surface area (Å²) in [6, 6.07) is 18.5. The van der Waals surface area contributed by atoms with Gasteiger partial charge in [0.2, 0.25) is 0 Å². The van der Waals surface area contributed by atoms with Gasteiger partial charge in [0.15, 0.2) is 0 Å². The topological polar surface area (TPSA) is 44.7 Å². The van der Waals surface area contributed by atoms with Gasteiger partial charge in [-0.2, -0.15) is 0 Å². The summed E-state index contributed by atoms with van der Waals surface area (Å²) in [5.41, 5.74) is 2.49. The molecule has 2 aromatic carbocycles. The smallest absolute Gasteiger partial charge is 0.119 e. The molecule has 1 unspecified atom stereocenters. The van der Waals surface area contributed by atoms with Crippen LogP contribution < -0.4 is 10.1 Å². The first-order valence-electron chi connectivity index (χ1n) is 8.41. The van der Waals surface area contributed by atoms with E-state index in [0.29, 0.717) is 0 Å². The second-order valence-electron chi connectivity index (χ2n) is 6.11. The van der Waals surface area contributed by atoms with Crippen LogP contribution in [0.2, 0.25) is 0 Å². The molecule has 0 aliphatic rings. The molecule has 0 aliphatic carbocycles. The Labute approximate surface area is 145 Å². The third-order valence-corrected chi connectivity index (χ3v) is 4.11. The highest BCUT2D eigenvalue weighted by molar-refractivity contribution is 5.28. The molecule has 0 heterocycles. The Balaban J connectivity index is 1.76. The maximum Gasteiger partial charge on any atom is 0.119 e. The lowest BCUT2D eigenvalue weighted by atomic mass is 10.1. The summed E-state index contributed by atoms with van der Waals surface area (Å²) in [5, 5.41) is 13.0. The van der Waals surface area contributed by atoms with Gasteiger partial charge in [-0.25, -0.2) is 0 Å². The number of methoxy groups -OCH3 is 1. The molecule has 0 amide bonds. The van der Waals surface area contributed by atoms with E-state index in [4.69, 9.17) is 4.74 Å². The first-order chi connectivity index (χ1) is 11.7. The van der Waals surface area contributed by atoms with Crippen molar-refractivity contribution in [1.29, 1.82) is 0 Å². The lowest BCUT2D eigenvalue weighted by Crippen LogP contribution is -2.42. The second-order valence-corrected chi connectivity index (χ2v) is 6.11. The SMILES string of the molecule is COc1cccc(CNC(CO)CN(C)CCc2ccccc2)c1. The Hall–Kier alpha value is -1.88. The molecule has 0 saturated heterocycles. The average molecular weight is 328 g/mol. The monoisotopic (exact) mass is 328 g/mol. The van der Waals surface area contributed by atoms with Gasteiger partial charge in [-0.3, -0.25) is 0 Å².